The molecular formula is C8H17B. The van der Waals surface area contributed by atoms with Crippen molar-refractivity contribution in [2.75, 3.05) is 0 Å². The Hall–Kier alpha value is 0.0649. The van der Waals surface area contributed by atoms with Gasteiger partial charge in [-0.05, 0) is 5.92 Å². The quantitative estimate of drug-likeness (QED) is 0.494. The topological polar surface area (TPSA) is 0 Å². The van der Waals surface area contributed by atoms with Crippen molar-refractivity contribution >= 4 is 7.85 Å². The number of unbranched alkanes of at least 4 members (excludes halogenated alkanes) is 1. The molecular weight excluding hydrogens is 107 g/mol. The largest absolute Gasteiger partial charge is 0.0859 e. The van der Waals surface area contributed by atoms with Gasteiger partial charge < -0.3 is 0 Å². The molecule has 0 aliphatic carbocycles. The number of hydrogen-bond donors (Lipinski definition) is 0. The predicted octanol–water partition coefficient (Wildman–Crippen LogP) is 2.79. The average molecular weight is 124 g/mol. The molecule has 0 spiro atoms. The lowest BCUT2D eigenvalue weighted by Gasteiger charge is -2.09. The van der Waals surface area contributed by atoms with Gasteiger partial charge in [-0.15, -0.1) is 0 Å². The second-order valence-corrected chi connectivity index (χ2v) is 2.65. The van der Waals surface area contributed by atoms with Crippen LogP contribution in [0.1, 0.15) is 39.5 Å². The normalized spacial score (nSPS) is 13.6. The SMILES string of the molecule is [B]CC(CC)CCCC. The van der Waals surface area contributed by atoms with Gasteiger partial charge in [-0.2, -0.15) is 0 Å². The molecule has 1 unspecified atom stereocenters. The third kappa shape index (κ3) is 4.56. The van der Waals surface area contributed by atoms with Crippen molar-refractivity contribution in [3.63, 3.8) is 0 Å². The smallest absolute Gasteiger partial charge is 0.0656 e. The highest BCUT2D eigenvalue weighted by Crippen LogP contribution is 2.14. The summed E-state index contributed by atoms with van der Waals surface area (Å²) in [6.07, 6.45) is 6.09. The molecule has 0 saturated heterocycles. The summed E-state index contributed by atoms with van der Waals surface area (Å²) in [6, 6.07) is 0. The fraction of sp³-hybridized carbons (Fsp3) is 1.00. The Morgan fingerprint density at radius 1 is 1.33 bits per heavy atom. The summed E-state index contributed by atoms with van der Waals surface area (Å²) in [5.41, 5.74) is 0. The Morgan fingerprint density at radius 2 is 2.00 bits per heavy atom. The van der Waals surface area contributed by atoms with Crippen molar-refractivity contribution in [2.24, 2.45) is 5.92 Å². The molecule has 0 aliphatic rings. The van der Waals surface area contributed by atoms with Crippen LogP contribution in [0.5, 0.6) is 0 Å². The maximum Gasteiger partial charge on any atom is 0.0656 e. The van der Waals surface area contributed by atoms with Crippen molar-refractivity contribution in [2.45, 2.75) is 45.9 Å². The van der Waals surface area contributed by atoms with Crippen molar-refractivity contribution < 1.29 is 0 Å². The molecule has 2 radical (unpaired) electrons. The van der Waals surface area contributed by atoms with E-state index in [-0.39, 0.29) is 0 Å². The van der Waals surface area contributed by atoms with E-state index >= 15 is 0 Å². The zero-order valence-corrected chi connectivity index (χ0v) is 6.69. The third-order valence-electron chi connectivity index (χ3n) is 1.88. The first-order valence-electron chi connectivity index (χ1n) is 4.05. The summed E-state index contributed by atoms with van der Waals surface area (Å²) < 4.78 is 0. The average Bonchev–Trinajstić information content (AvgIpc) is 1.91. The van der Waals surface area contributed by atoms with E-state index in [0.29, 0.717) is 0 Å². The molecule has 0 nitrogen and oxygen atoms in total. The van der Waals surface area contributed by atoms with Crippen LogP contribution in [0.15, 0.2) is 0 Å². The first kappa shape index (κ1) is 9.06. The first-order valence-corrected chi connectivity index (χ1v) is 4.05. The Labute approximate surface area is 60.4 Å². The fourth-order valence-electron chi connectivity index (χ4n) is 0.981. The molecule has 0 aromatic carbocycles. The molecule has 0 N–H and O–H groups in total. The van der Waals surface area contributed by atoms with Crippen molar-refractivity contribution in [3.8, 4) is 0 Å². The Bertz CT molecular complexity index is 48.5. The predicted molar refractivity (Wildman–Crippen MR) is 43.9 cm³/mol. The Morgan fingerprint density at radius 3 is 2.33 bits per heavy atom. The van der Waals surface area contributed by atoms with E-state index in [4.69, 9.17) is 7.85 Å². The molecule has 0 rings (SSSR count). The van der Waals surface area contributed by atoms with Gasteiger partial charge in [0.1, 0.15) is 0 Å². The van der Waals surface area contributed by atoms with E-state index in [1.807, 2.05) is 0 Å². The Balaban J connectivity index is 3.09. The molecule has 0 aliphatic heterocycles. The summed E-state index contributed by atoms with van der Waals surface area (Å²) in [5, 5.41) is 0. The second kappa shape index (κ2) is 6.19. The highest BCUT2D eigenvalue weighted by molar-refractivity contribution is 6.08. The summed E-state index contributed by atoms with van der Waals surface area (Å²) in [5.74, 6) is 0.782. The van der Waals surface area contributed by atoms with Gasteiger partial charge in [0.15, 0.2) is 0 Å². The zero-order chi connectivity index (χ0) is 7.11. The van der Waals surface area contributed by atoms with Gasteiger partial charge in [0.25, 0.3) is 0 Å². The molecule has 0 fully saturated rings. The monoisotopic (exact) mass is 124 g/mol. The van der Waals surface area contributed by atoms with Gasteiger partial charge in [-0.1, -0.05) is 45.9 Å². The molecule has 0 bridgehead atoms. The van der Waals surface area contributed by atoms with Gasteiger partial charge in [-0.3, -0.25) is 0 Å². The van der Waals surface area contributed by atoms with Crippen LogP contribution in [0.2, 0.25) is 6.32 Å². The van der Waals surface area contributed by atoms with E-state index in [1.165, 1.54) is 25.7 Å². The molecule has 0 saturated carbocycles. The maximum atomic E-state index is 5.52. The van der Waals surface area contributed by atoms with Gasteiger partial charge in [0.05, 0.1) is 7.85 Å². The van der Waals surface area contributed by atoms with Crippen LogP contribution in [0.25, 0.3) is 0 Å². The van der Waals surface area contributed by atoms with Crippen molar-refractivity contribution in [1.29, 1.82) is 0 Å². The molecule has 52 valence electrons. The molecule has 0 aromatic heterocycles. The van der Waals surface area contributed by atoms with Crippen LogP contribution >= 0.6 is 0 Å². The van der Waals surface area contributed by atoms with Crippen LogP contribution < -0.4 is 0 Å². The van der Waals surface area contributed by atoms with E-state index in [9.17, 15) is 0 Å². The van der Waals surface area contributed by atoms with Crippen LogP contribution in [-0.4, -0.2) is 7.85 Å². The van der Waals surface area contributed by atoms with Gasteiger partial charge >= 0.3 is 0 Å². The summed E-state index contributed by atoms with van der Waals surface area (Å²) in [4.78, 5) is 0. The van der Waals surface area contributed by atoms with E-state index in [0.717, 1.165) is 12.2 Å². The van der Waals surface area contributed by atoms with Crippen LogP contribution in [0, 0.1) is 5.92 Å². The Kier molecular flexibility index (Phi) is 6.23. The number of rotatable bonds is 5. The standard InChI is InChI=1S/C8H17B/c1-3-5-6-8(4-2)7-9/h8H,3-7H2,1-2H3. The summed E-state index contributed by atoms with van der Waals surface area (Å²) >= 11 is 0. The lowest BCUT2D eigenvalue weighted by atomic mass is 9.86. The van der Waals surface area contributed by atoms with Gasteiger partial charge in [0.2, 0.25) is 0 Å². The first-order chi connectivity index (χ1) is 4.35. The van der Waals surface area contributed by atoms with Gasteiger partial charge in [-0.25, -0.2) is 0 Å². The highest BCUT2D eigenvalue weighted by atomic mass is 14.0. The molecule has 0 heterocycles. The summed E-state index contributed by atoms with van der Waals surface area (Å²) in [6.45, 7) is 4.44. The molecule has 9 heavy (non-hydrogen) atoms. The maximum absolute atomic E-state index is 5.52. The molecule has 1 atom stereocenters. The van der Waals surface area contributed by atoms with Crippen LogP contribution in [0.4, 0.5) is 0 Å². The highest BCUT2D eigenvalue weighted by Gasteiger charge is 1.99. The molecule has 0 aromatic rings. The molecule has 0 amide bonds. The van der Waals surface area contributed by atoms with Crippen LogP contribution in [0.3, 0.4) is 0 Å². The van der Waals surface area contributed by atoms with Crippen molar-refractivity contribution in [3.05, 3.63) is 0 Å². The third-order valence-corrected chi connectivity index (χ3v) is 1.88. The second-order valence-electron chi connectivity index (χ2n) is 2.65. The number of hydrogen-bond acceptors (Lipinski definition) is 0. The van der Waals surface area contributed by atoms with E-state index < -0.39 is 0 Å². The van der Waals surface area contributed by atoms with Crippen molar-refractivity contribution in [1.82, 2.24) is 0 Å². The van der Waals surface area contributed by atoms with Crippen LogP contribution in [-0.2, 0) is 0 Å². The fourth-order valence-corrected chi connectivity index (χ4v) is 0.981. The van der Waals surface area contributed by atoms with E-state index in [2.05, 4.69) is 13.8 Å². The minimum absolute atomic E-state index is 0.782. The molecule has 1 heteroatoms. The minimum Gasteiger partial charge on any atom is -0.0859 e. The zero-order valence-electron chi connectivity index (χ0n) is 6.69. The lowest BCUT2D eigenvalue weighted by Crippen LogP contribution is -1.96. The van der Waals surface area contributed by atoms with E-state index in [1.54, 1.807) is 0 Å². The minimum atomic E-state index is 0.782. The van der Waals surface area contributed by atoms with Gasteiger partial charge in [0, 0.05) is 0 Å². The lowest BCUT2D eigenvalue weighted by molar-refractivity contribution is 0.492. The summed E-state index contributed by atoms with van der Waals surface area (Å²) in [7, 11) is 5.52.